The molecule has 2 aromatic rings. The molecule has 30 heavy (non-hydrogen) atoms. The Labute approximate surface area is 174 Å². The summed E-state index contributed by atoms with van der Waals surface area (Å²) in [6.07, 6.45) is 0.533. The van der Waals surface area contributed by atoms with E-state index in [1.54, 1.807) is 49.4 Å². The molecule has 0 spiro atoms. The highest BCUT2D eigenvalue weighted by molar-refractivity contribution is 6.28. The summed E-state index contributed by atoms with van der Waals surface area (Å²) in [6, 6.07) is 11.7. The van der Waals surface area contributed by atoms with Gasteiger partial charge in [-0.1, -0.05) is 36.9 Å². The molecule has 1 aliphatic carbocycles. The fraction of sp³-hybridized carbons (Fsp3) is 0.217. The van der Waals surface area contributed by atoms with Gasteiger partial charge in [-0.3, -0.25) is 19.2 Å². The van der Waals surface area contributed by atoms with Crippen molar-refractivity contribution < 1.29 is 29.4 Å². The second-order valence-electron chi connectivity index (χ2n) is 6.78. The molecule has 2 aromatic carbocycles. The third-order valence-corrected chi connectivity index (χ3v) is 4.41. The second-order valence-corrected chi connectivity index (χ2v) is 6.78. The summed E-state index contributed by atoms with van der Waals surface area (Å²) in [5.41, 5.74) is 2.75. The van der Waals surface area contributed by atoms with Crippen molar-refractivity contribution in [2.45, 2.75) is 26.4 Å². The molecule has 1 aliphatic rings. The van der Waals surface area contributed by atoms with Crippen LogP contribution in [0.2, 0.25) is 0 Å². The lowest BCUT2D eigenvalue weighted by molar-refractivity contribution is -0.137. The van der Waals surface area contributed by atoms with Gasteiger partial charge in [0.05, 0.1) is 6.61 Å². The molecular weight excluding hydrogens is 386 g/mol. The molecule has 0 saturated heterocycles. The lowest BCUT2D eigenvalue weighted by Crippen LogP contribution is -2.25. The van der Waals surface area contributed by atoms with Gasteiger partial charge in [0.25, 0.3) is 0 Å². The SMILES string of the molecule is C=C(C)C(=O)NCCCC(=O)O.O=C1c2ccccc2C(=O)c2cc(CO)ccc21. The molecule has 0 atom stereocenters. The number of hydrogen-bond donors (Lipinski definition) is 3. The highest BCUT2D eigenvalue weighted by Crippen LogP contribution is 2.27. The van der Waals surface area contributed by atoms with Gasteiger partial charge in [-0.05, 0) is 31.0 Å². The van der Waals surface area contributed by atoms with Crippen LogP contribution in [0.15, 0.2) is 54.6 Å². The fourth-order valence-electron chi connectivity index (χ4n) is 2.84. The molecule has 0 saturated carbocycles. The maximum Gasteiger partial charge on any atom is 0.303 e. The molecular formula is C23H23NO6. The molecule has 156 valence electrons. The molecule has 0 heterocycles. The first-order valence-corrected chi connectivity index (χ1v) is 9.34. The largest absolute Gasteiger partial charge is 0.481 e. The van der Waals surface area contributed by atoms with E-state index in [1.165, 1.54) is 0 Å². The van der Waals surface area contributed by atoms with Crippen molar-refractivity contribution >= 4 is 23.4 Å². The summed E-state index contributed by atoms with van der Waals surface area (Å²) >= 11 is 0. The third-order valence-electron chi connectivity index (χ3n) is 4.41. The molecule has 0 aromatic heterocycles. The summed E-state index contributed by atoms with van der Waals surface area (Å²) in [5, 5.41) is 19.9. The van der Waals surface area contributed by atoms with Gasteiger partial charge in [0.15, 0.2) is 11.6 Å². The van der Waals surface area contributed by atoms with Crippen molar-refractivity contribution in [3.8, 4) is 0 Å². The fourth-order valence-corrected chi connectivity index (χ4v) is 2.84. The number of benzene rings is 2. The van der Waals surface area contributed by atoms with E-state index in [-0.39, 0.29) is 30.5 Å². The number of aliphatic carboxylic acids is 1. The minimum atomic E-state index is -0.848. The molecule has 0 aliphatic heterocycles. The average molecular weight is 409 g/mol. The Kier molecular flexibility index (Phi) is 7.77. The van der Waals surface area contributed by atoms with Crippen LogP contribution >= 0.6 is 0 Å². The van der Waals surface area contributed by atoms with Crippen LogP contribution in [0, 0.1) is 0 Å². The molecule has 7 nitrogen and oxygen atoms in total. The van der Waals surface area contributed by atoms with Crippen LogP contribution < -0.4 is 5.32 Å². The average Bonchev–Trinajstić information content (AvgIpc) is 2.74. The van der Waals surface area contributed by atoms with E-state index >= 15 is 0 Å². The van der Waals surface area contributed by atoms with E-state index in [2.05, 4.69) is 11.9 Å². The first-order valence-electron chi connectivity index (χ1n) is 9.34. The zero-order chi connectivity index (χ0) is 22.3. The minimum Gasteiger partial charge on any atom is -0.481 e. The Bertz CT molecular complexity index is 1010. The van der Waals surface area contributed by atoms with Gasteiger partial charge in [0, 0.05) is 40.8 Å². The van der Waals surface area contributed by atoms with E-state index in [9.17, 15) is 19.2 Å². The molecule has 3 N–H and O–H groups in total. The maximum absolute atomic E-state index is 12.3. The van der Waals surface area contributed by atoms with Crippen LogP contribution in [0.25, 0.3) is 0 Å². The highest BCUT2D eigenvalue weighted by Gasteiger charge is 2.29. The van der Waals surface area contributed by atoms with Gasteiger partial charge in [-0.25, -0.2) is 0 Å². The highest BCUT2D eigenvalue weighted by atomic mass is 16.4. The van der Waals surface area contributed by atoms with E-state index in [4.69, 9.17) is 10.2 Å². The van der Waals surface area contributed by atoms with Crippen LogP contribution in [0.3, 0.4) is 0 Å². The van der Waals surface area contributed by atoms with Gasteiger partial charge in [0.2, 0.25) is 5.91 Å². The van der Waals surface area contributed by atoms with Crippen LogP contribution in [-0.4, -0.2) is 40.2 Å². The van der Waals surface area contributed by atoms with Crippen LogP contribution in [0.4, 0.5) is 0 Å². The molecule has 0 bridgehead atoms. The maximum atomic E-state index is 12.3. The summed E-state index contributed by atoms with van der Waals surface area (Å²) in [4.78, 5) is 45.4. The zero-order valence-electron chi connectivity index (χ0n) is 16.6. The molecule has 3 rings (SSSR count). The number of ketones is 2. The molecule has 0 fully saturated rings. The van der Waals surface area contributed by atoms with E-state index in [1.807, 2.05) is 0 Å². The molecule has 0 radical (unpaired) electrons. The Morgan fingerprint density at radius 3 is 2.07 bits per heavy atom. The number of carbonyl (C=O) groups excluding carboxylic acids is 3. The van der Waals surface area contributed by atoms with Gasteiger partial charge in [0.1, 0.15) is 0 Å². The first-order chi connectivity index (χ1) is 14.3. The Morgan fingerprint density at radius 2 is 1.53 bits per heavy atom. The molecule has 7 heteroatoms. The van der Waals surface area contributed by atoms with Crippen LogP contribution in [0.1, 0.15) is 57.2 Å². The normalized spacial score (nSPS) is 11.5. The Balaban J connectivity index is 0.000000235. The van der Waals surface area contributed by atoms with Crippen molar-refractivity contribution in [3.05, 3.63) is 82.4 Å². The quantitative estimate of drug-likeness (QED) is 0.425. The van der Waals surface area contributed by atoms with Gasteiger partial charge >= 0.3 is 5.97 Å². The number of rotatable bonds is 6. The third kappa shape index (κ3) is 5.48. The first kappa shape index (κ1) is 22.7. The Hall–Kier alpha value is -3.58. The number of aliphatic hydroxyl groups is 1. The second kappa shape index (κ2) is 10.3. The number of nitrogens with one attached hydrogen (secondary N) is 1. The topological polar surface area (TPSA) is 121 Å². The number of carbonyl (C=O) groups is 4. The lowest BCUT2D eigenvalue weighted by Gasteiger charge is -2.17. The number of amides is 1. The van der Waals surface area contributed by atoms with Crippen molar-refractivity contribution in [3.63, 3.8) is 0 Å². The van der Waals surface area contributed by atoms with E-state index < -0.39 is 5.97 Å². The molecule has 0 unspecified atom stereocenters. The summed E-state index contributed by atoms with van der Waals surface area (Å²) in [7, 11) is 0. The summed E-state index contributed by atoms with van der Waals surface area (Å²) < 4.78 is 0. The predicted octanol–water partition coefficient (Wildman–Crippen LogP) is 2.50. The monoisotopic (exact) mass is 409 g/mol. The van der Waals surface area contributed by atoms with Crippen LogP contribution in [0.5, 0.6) is 0 Å². The number of hydrogen-bond acceptors (Lipinski definition) is 5. The predicted molar refractivity (Wildman–Crippen MR) is 110 cm³/mol. The van der Waals surface area contributed by atoms with Crippen molar-refractivity contribution in [2.75, 3.05) is 6.54 Å². The van der Waals surface area contributed by atoms with Gasteiger partial charge < -0.3 is 15.5 Å². The van der Waals surface area contributed by atoms with Gasteiger partial charge in [-0.15, -0.1) is 0 Å². The number of carboxylic acids is 1. The minimum absolute atomic E-state index is 0.0798. The summed E-state index contributed by atoms with van der Waals surface area (Å²) in [5.74, 6) is -1.36. The van der Waals surface area contributed by atoms with Crippen molar-refractivity contribution in [1.82, 2.24) is 5.32 Å². The Morgan fingerprint density at radius 1 is 0.967 bits per heavy atom. The van der Waals surface area contributed by atoms with E-state index in [0.717, 1.165) is 0 Å². The van der Waals surface area contributed by atoms with Crippen molar-refractivity contribution in [2.24, 2.45) is 0 Å². The van der Waals surface area contributed by atoms with E-state index in [0.29, 0.717) is 46.4 Å². The number of aliphatic hydroxyl groups excluding tert-OH is 1. The van der Waals surface area contributed by atoms with Crippen molar-refractivity contribution in [1.29, 1.82) is 0 Å². The smallest absolute Gasteiger partial charge is 0.303 e. The molecule has 1 amide bonds. The zero-order valence-corrected chi connectivity index (χ0v) is 16.6. The standard InChI is InChI=1S/C15H10O3.C8H13NO3/c16-8-9-5-6-12-13(7-9)15(18)11-4-2-1-3-10(11)14(12)17;1-6(2)8(12)9-5-3-4-7(10)11/h1-7,16H,8H2;1,3-5H2,2H3,(H,9,12)(H,10,11). The summed E-state index contributed by atoms with van der Waals surface area (Å²) in [6.45, 7) is 5.29. The lowest BCUT2D eigenvalue weighted by atomic mass is 9.83. The van der Waals surface area contributed by atoms with Crippen LogP contribution in [-0.2, 0) is 16.2 Å². The number of carboxylic acid groups (broad SMARTS) is 1. The van der Waals surface area contributed by atoms with Gasteiger partial charge in [-0.2, -0.15) is 0 Å². The number of fused-ring (bicyclic) bond motifs is 2.